The van der Waals surface area contributed by atoms with E-state index in [9.17, 15) is 0 Å². The minimum Gasteiger partial charge on any atom is -0.0651 e. The first-order valence-electron chi connectivity index (χ1n) is 5.74. The van der Waals surface area contributed by atoms with Crippen LogP contribution < -0.4 is 0 Å². The monoisotopic (exact) mass is 168 g/mol. The van der Waals surface area contributed by atoms with Gasteiger partial charge in [0, 0.05) is 0 Å². The number of hydrogen-bond acceptors (Lipinski definition) is 0. The Morgan fingerprint density at radius 3 is 2.17 bits per heavy atom. The third-order valence-electron chi connectivity index (χ3n) is 3.37. The molecule has 72 valence electrons. The van der Waals surface area contributed by atoms with Crippen molar-refractivity contribution in [2.24, 2.45) is 17.8 Å². The molecule has 0 aliphatic heterocycles. The average Bonchev–Trinajstić information content (AvgIpc) is 2.51. The van der Waals surface area contributed by atoms with E-state index in [0.29, 0.717) is 0 Å². The average molecular weight is 168 g/mol. The van der Waals surface area contributed by atoms with Crippen molar-refractivity contribution in [3.8, 4) is 0 Å². The Morgan fingerprint density at radius 2 is 1.75 bits per heavy atom. The molecule has 1 aliphatic rings. The Bertz CT molecular complexity index is 109. The molecule has 0 N–H and O–H groups in total. The first-order chi connectivity index (χ1) is 5.74. The fourth-order valence-corrected chi connectivity index (χ4v) is 2.73. The molecule has 12 heavy (non-hydrogen) atoms. The van der Waals surface area contributed by atoms with Crippen molar-refractivity contribution in [1.29, 1.82) is 0 Å². The van der Waals surface area contributed by atoms with Crippen LogP contribution in [0.25, 0.3) is 0 Å². The molecule has 1 rings (SSSR count). The maximum Gasteiger partial charge on any atom is -0.0386 e. The van der Waals surface area contributed by atoms with E-state index in [-0.39, 0.29) is 0 Å². The van der Waals surface area contributed by atoms with Gasteiger partial charge in [0.25, 0.3) is 0 Å². The highest BCUT2D eigenvalue weighted by atomic mass is 14.3. The molecule has 0 heteroatoms. The fourth-order valence-electron chi connectivity index (χ4n) is 2.73. The highest BCUT2D eigenvalue weighted by Gasteiger charge is 2.23. The lowest BCUT2D eigenvalue weighted by molar-refractivity contribution is 0.277. The molecule has 0 aromatic carbocycles. The molecule has 0 radical (unpaired) electrons. The van der Waals surface area contributed by atoms with Crippen molar-refractivity contribution in [1.82, 2.24) is 0 Å². The van der Waals surface area contributed by atoms with Crippen LogP contribution in [0.3, 0.4) is 0 Å². The van der Waals surface area contributed by atoms with Crippen molar-refractivity contribution in [3.05, 3.63) is 0 Å². The molecule has 1 saturated carbocycles. The van der Waals surface area contributed by atoms with Crippen LogP contribution in [0.1, 0.15) is 59.3 Å². The summed E-state index contributed by atoms with van der Waals surface area (Å²) in [6, 6.07) is 0. The lowest BCUT2D eigenvalue weighted by atomic mass is 9.83. The van der Waals surface area contributed by atoms with Crippen LogP contribution in [0.2, 0.25) is 0 Å². The third-order valence-corrected chi connectivity index (χ3v) is 3.37. The minimum absolute atomic E-state index is 0.899. The van der Waals surface area contributed by atoms with Crippen LogP contribution in [0.5, 0.6) is 0 Å². The molecule has 0 saturated heterocycles. The van der Waals surface area contributed by atoms with Crippen molar-refractivity contribution in [2.45, 2.75) is 59.3 Å². The van der Waals surface area contributed by atoms with Gasteiger partial charge in [0.1, 0.15) is 0 Å². The number of hydrogen-bond donors (Lipinski definition) is 0. The zero-order valence-electron chi connectivity index (χ0n) is 8.97. The van der Waals surface area contributed by atoms with E-state index >= 15 is 0 Å². The van der Waals surface area contributed by atoms with Gasteiger partial charge >= 0.3 is 0 Å². The Hall–Kier alpha value is 0. The first kappa shape index (κ1) is 10.1. The molecule has 1 aliphatic carbocycles. The smallest absolute Gasteiger partial charge is 0.0386 e. The molecule has 0 heterocycles. The lowest BCUT2D eigenvalue weighted by Crippen LogP contribution is -2.13. The maximum atomic E-state index is 2.37. The van der Waals surface area contributed by atoms with Crippen LogP contribution in [-0.4, -0.2) is 0 Å². The van der Waals surface area contributed by atoms with Gasteiger partial charge in [0.05, 0.1) is 0 Å². The summed E-state index contributed by atoms with van der Waals surface area (Å²) in [5, 5.41) is 0. The van der Waals surface area contributed by atoms with Gasteiger partial charge in [-0.2, -0.15) is 0 Å². The second-order valence-corrected chi connectivity index (χ2v) is 4.84. The second kappa shape index (κ2) is 4.89. The fraction of sp³-hybridized carbons (Fsp3) is 1.00. The van der Waals surface area contributed by atoms with Gasteiger partial charge in [-0.15, -0.1) is 0 Å². The molecule has 0 aromatic heterocycles. The van der Waals surface area contributed by atoms with E-state index in [2.05, 4.69) is 20.8 Å². The van der Waals surface area contributed by atoms with Gasteiger partial charge in [-0.1, -0.05) is 52.9 Å². The number of rotatable bonds is 4. The maximum absolute atomic E-state index is 2.37. The summed E-state index contributed by atoms with van der Waals surface area (Å²) in [6.07, 6.45) is 8.90. The highest BCUT2D eigenvalue weighted by Crippen LogP contribution is 2.36. The van der Waals surface area contributed by atoms with Crippen LogP contribution in [0.15, 0.2) is 0 Å². The molecule has 1 atom stereocenters. The topological polar surface area (TPSA) is 0 Å². The molecule has 0 bridgehead atoms. The van der Waals surface area contributed by atoms with Crippen molar-refractivity contribution in [2.75, 3.05) is 0 Å². The Labute approximate surface area is 77.7 Å². The second-order valence-electron chi connectivity index (χ2n) is 4.84. The van der Waals surface area contributed by atoms with Gasteiger partial charge in [-0.25, -0.2) is 0 Å². The largest absolute Gasteiger partial charge is 0.0651 e. The summed E-state index contributed by atoms with van der Waals surface area (Å²) in [7, 11) is 0. The van der Waals surface area contributed by atoms with Gasteiger partial charge in [-0.05, 0) is 24.2 Å². The molecular formula is C12H24. The van der Waals surface area contributed by atoms with Crippen LogP contribution in [0, 0.1) is 17.8 Å². The minimum atomic E-state index is 0.899. The summed E-state index contributed by atoms with van der Waals surface area (Å²) < 4.78 is 0. The first-order valence-corrected chi connectivity index (χ1v) is 5.74. The van der Waals surface area contributed by atoms with Crippen LogP contribution in [0.4, 0.5) is 0 Å². The standard InChI is InChI=1S/C12H24/c1-4-11(9-10(2)3)12-7-5-6-8-12/h10-12H,4-9H2,1-3H3/t11-/m0/s1. The van der Waals surface area contributed by atoms with Crippen molar-refractivity contribution < 1.29 is 0 Å². The molecule has 0 spiro atoms. The third kappa shape index (κ3) is 2.80. The zero-order chi connectivity index (χ0) is 8.97. The van der Waals surface area contributed by atoms with E-state index in [1.165, 1.54) is 38.5 Å². The normalized spacial score (nSPS) is 22.0. The quantitative estimate of drug-likeness (QED) is 0.588. The Kier molecular flexibility index (Phi) is 4.11. The summed E-state index contributed by atoms with van der Waals surface area (Å²) in [6.45, 7) is 7.08. The van der Waals surface area contributed by atoms with E-state index in [4.69, 9.17) is 0 Å². The summed E-state index contributed by atoms with van der Waals surface area (Å²) >= 11 is 0. The molecule has 0 amide bonds. The molecule has 1 fully saturated rings. The zero-order valence-corrected chi connectivity index (χ0v) is 8.97. The van der Waals surface area contributed by atoms with Gasteiger partial charge in [0.2, 0.25) is 0 Å². The summed E-state index contributed by atoms with van der Waals surface area (Å²) in [5.74, 6) is 3.01. The predicted octanol–water partition coefficient (Wildman–Crippen LogP) is 4.25. The van der Waals surface area contributed by atoms with E-state index < -0.39 is 0 Å². The molecular weight excluding hydrogens is 144 g/mol. The van der Waals surface area contributed by atoms with E-state index in [0.717, 1.165) is 17.8 Å². The van der Waals surface area contributed by atoms with Crippen LogP contribution in [-0.2, 0) is 0 Å². The van der Waals surface area contributed by atoms with Crippen molar-refractivity contribution in [3.63, 3.8) is 0 Å². The lowest BCUT2D eigenvalue weighted by Gasteiger charge is -2.23. The van der Waals surface area contributed by atoms with Gasteiger partial charge < -0.3 is 0 Å². The van der Waals surface area contributed by atoms with Crippen molar-refractivity contribution >= 4 is 0 Å². The molecule has 0 nitrogen and oxygen atoms in total. The highest BCUT2D eigenvalue weighted by molar-refractivity contribution is 4.75. The SMILES string of the molecule is CC[C@@H](CC(C)C)C1CCCC1. The van der Waals surface area contributed by atoms with E-state index in [1.807, 2.05) is 0 Å². The molecule has 0 unspecified atom stereocenters. The molecule has 0 aromatic rings. The summed E-state index contributed by atoms with van der Waals surface area (Å²) in [5.41, 5.74) is 0. The van der Waals surface area contributed by atoms with E-state index in [1.54, 1.807) is 0 Å². The Morgan fingerprint density at radius 1 is 1.17 bits per heavy atom. The van der Waals surface area contributed by atoms with Gasteiger partial charge in [0.15, 0.2) is 0 Å². The summed E-state index contributed by atoms with van der Waals surface area (Å²) in [4.78, 5) is 0. The predicted molar refractivity (Wildman–Crippen MR) is 55.2 cm³/mol. The van der Waals surface area contributed by atoms with Gasteiger partial charge in [-0.3, -0.25) is 0 Å². The Balaban J connectivity index is 2.32. The van der Waals surface area contributed by atoms with Crippen LogP contribution >= 0.6 is 0 Å².